The maximum Gasteiger partial charge on any atom is 0.104 e. The summed E-state index contributed by atoms with van der Waals surface area (Å²) in [5.74, 6) is 0.965. The summed E-state index contributed by atoms with van der Waals surface area (Å²) in [5, 5.41) is 0. The number of imidazole rings is 1. The van der Waals surface area contributed by atoms with Gasteiger partial charge in [0, 0.05) is 24.7 Å². The van der Waals surface area contributed by atoms with Gasteiger partial charge in [-0.1, -0.05) is 6.42 Å². The van der Waals surface area contributed by atoms with E-state index >= 15 is 0 Å². The number of benzene rings is 1. The van der Waals surface area contributed by atoms with Crippen LogP contribution in [0.25, 0.3) is 11.0 Å². The summed E-state index contributed by atoms with van der Waals surface area (Å²) in [6, 6.07) is 6.41. The third-order valence-corrected chi connectivity index (χ3v) is 4.44. The summed E-state index contributed by atoms with van der Waals surface area (Å²) in [6.07, 6.45) is 3.85. The molecule has 3 rings (SSSR count). The maximum atomic E-state index is 5.95. The van der Waals surface area contributed by atoms with Crippen molar-refractivity contribution in [2.24, 2.45) is 11.1 Å². The lowest BCUT2D eigenvalue weighted by Crippen LogP contribution is -2.46. The Kier molecular flexibility index (Phi) is 2.97. The number of hydrogen-bond donors (Lipinski definition) is 2. The number of hydrogen-bond acceptors (Lipinski definition) is 3. The second-order valence-corrected chi connectivity index (χ2v) is 5.94. The lowest BCUT2D eigenvalue weighted by Gasteiger charge is -2.44. The predicted octanol–water partition coefficient (Wildman–Crippen LogP) is 2.44. The molecule has 0 amide bonds. The summed E-state index contributed by atoms with van der Waals surface area (Å²) < 4.78 is 0. The van der Waals surface area contributed by atoms with E-state index in [2.05, 4.69) is 40.1 Å². The van der Waals surface area contributed by atoms with Crippen molar-refractivity contribution in [3.8, 4) is 0 Å². The number of nitrogens with two attached hydrogens (primary N) is 1. The van der Waals surface area contributed by atoms with E-state index in [-0.39, 0.29) is 0 Å². The standard InChI is InChI=1S/C15H22N4/c1-11-17-13-5-4-12(8-14(13)18-11)19(2)10-15(9-16)6-3-7-15/h4-5,8H,3,6-7,9-10,16H2,1-2H3,(H,17,18). The molecular formula is C15H22N4. The highest BCUT2D eigenvalue weighted by Crippen LogP contribution is 2.41. The summed E-state index contributed by atoms with van der Waals surface area (Å²) in [7, 11) is 2.15. The van der Waals surface area contributed by atoms with Crippen LogP contribution in [-0.4, -0.2) is 30.1 Å². The van der Waals surface area contributed by atoms with Crippen LogP contribution in [-0.2, 0) is 0 Å². The Morgan fingerprint density at radius 1 is 1.42 bits per heavy atom. The van der Waals surface area contributed by atoms with Crippen LogP contribution in [0.2, 0.25) is 0 Å². The van der Waals surface area contributed by atoms with E-state index in [1.807, 2.05) is 6.92 Å². The van der Waals surface area contributed by atoms with Gasteiger partial charge in [-0.3, -0.25) is 0 Å². The van der Waals surface area contributed by atoms with Crippen molar-refractivity contribution < 1.29 is 0 Å². The van der Waals surface area contributed by atoms with E-state index in [0.717, 1.165) is 29.9 Å². The van der Waals surface area contributed by atoms with Gasteiger partial charge in [-0.25, -0.2) is 4.98 Å². The quantitative estimate of drug-likeness (QED) is 0.885. The molecule has 1 aromatic heterocycles. The fourth-order valence-electron chi connectivity index (χ4n) is 3.06. The summed E-state index contributed by atoms with van der Waals surface area (Å²) in [6.45, 7) is 3.83. The average molecular weight is 258 g/mol. The number of nitrogens with one attached hydrogen (secondary N) is 1. The van der Waals surface area contributed by atoms with Crippen molar-refractivity contribution in [3.63, 3.8) is 0 Å². The van der Waals surface area contributed by atoms with Crippen LogP contribution >= 0.6 is 0 Å². The van der Waals surface area contributed by atoms with E-state index in [1.54, 1.807) is 0 Å². The summed E-state index contributed by atoms with van der Waals surface area (Å²) in [4.78, 5) is 10.1. The Bertz CT molecular complexity index is 577. The molecule has 19 heavy (non-hydrogen) atoms. The van der Waals surface area contributed by atoms with Crippen LogP contribution in [0.1, 0.15) is 25.1 Å². The monoisotopic (exact) mass is 258 g/mol. The third-order valence-electron chi connectivity index (χ3n) is 4.44. The molecule has 0 bridgehead atoms. The lowest BCUT2D eigenvalue weighted by atomic mass is 9.68. The molecule has 3 N–H and O–H groups in total. The van der Waals surface area contributed by atoms with E-state index < -0.39 is 0 Å². The first-order valence-electron chi connectivity index (χ1n) is 6.99. The number of anilines is 1. The number of rotatable bonds is 4. The predicted molar refractivity (Wildman–Crippen MR) is 79.4 cm³/mol. The van der Waals surface area contributed by atoms with E-state index in [1.165, 1.54) is 24.9 Å². The van der Waals surface area contributed by atoms with Gasteiger partial charge >= 0.3 is 0 Å². The molecule has 0 aliphatic heterocycles. The van der Waals surface area contributed by atoms with Crippen molar-refractivity contribution >= 4 is 16.7 Å². The minimum atomic E-state index is 0.341. The molecule has 1 saturated carbocycles. The third kappa shape index (κ3) is 2.21. The van der Waals surface area contributed by atoms with Gasteiger partial charge in [-0.05, 0) is 44.5 Å². The molecule has 1 aliphatic carbocycles. The fourth-order valence-corrected chi connectivity index (χ4v) is 3.06. The Morgan fingerprint density at radius 3 is 2.84 bits per heavy atom. The number of H-pyrrole nitrogens is 1. The van der Waals surface area contributed by atoms with Crippen LogP contribution in [0.3, 0.4) is 0 Å². The highest BCUT2D eigenvalue weighted by atomic mass is 15.1. The van der Waals surface area contributed by atoms with Crippen molar-refractivity contribution in [1.29, 1.82) is 0 Å². The van der Waals surface area contributed by atoms with E-state index in [9.17, 15) is 0 Å². The first kappa shape index (κ1) is 12.5. The average Bonchev–Trinajstić information content (AvgIpc) is 2.72. The molecule has 0 spiro atoms. The van der Waals surface area contributed by atoms with Gasteiger partial charge < -0.3 is 15.6 Å². The van der Waals surface area contributed by atoms with Gasteiger partial charge in [-0.15, -0.1) is 0 Å². The largest absolute Gasteiger partial charge is 0.374 e. The van der Waals surface area contributed by atoms with Crippen LogP contribution in [0.4, 0.5) is 5.69 Å². The summed E-state index contributed by atoms with van der Waals surface area (Å²) in [5.41, 5.74) is 9.66. The number of aromatic amines is 1. The zero-order chi connectivity index (χ0) is 13.5. The SMILES string of the molecule is Cc1nc2ccc(N(C)CC3(CN)CCC3)cc2[nH]1. The molecule has 0 unspecified atom stereocenters. The highest BCUT2D eigenvalue weighted by Gasteiger charge is 2.36. The minimum absolute atomic E-state index is 0.341. The minimum Gasteiger partial charge on any atom is -0.374 e. The van der Waals surface area contributed by atoms with Crippen LogP contribution in [0.15, 0.2) is 18.2 Å². The van der Waals surface area contributed by atoms with E-state index in [4.69, 9.17) is 5.73 Å². The van der Waals surface area contributed by atoms with Gasteiger partial charge in [0.15, 0.2) is 0 Å². The second kappa shape index (κ2) is 4.53. The maximum absolute atomic E-state index is 5.95. The lowest BCUT2D eigenvalue weighted by molar-refractivity contribution is 0.154. The molecule has 1 heterocycles. The van der Waals surface area contributed by atoms with Crippen LogP contribution in [0.5, 0.6) is 0 Å². The van der Waals surface area contributed by atoms with Crippen molar-refractivity contribution in [3.05, 3.63) is 24.0 Å². The van der Waals surface area contributed by atoms with E-state index in [0.29, 0.717) is 5.41 Å². The van der Waals surface area contributed by atoms with Gasteiger partial charge in [-0.2, -0.15) is 0 Å². The molecule has 1 fully saturated rings. The number of aromatic nitrogens is 2. The molecule has 4 nitrogen and oxygen atoms in total. The Hall–Kier alpha value is -1.55. The molecule has 1 aliphatic rings. The molecule has 1 aromatic carbocycles. The number of fused-ring (bicyclic) bond motifs is 1. The second-order valence-electron chi connectivity index (χ2n) is 5.94. The van der Waals surface area contributed by atoms with Gasteiger partial charge in [0.1, 0.15) is 5.82 Å². The molecule has 0 radical (unpaired) electrons. The first-order valence-corrected chi connectivity index (χ1v) is 6.99. The highest BCUT2D eigenvalue weighted by molar-refractivity contribution is 5.79. The van der Waals surface area contributed by atoms with Crippen molar-refractivity contribution in [2.75, 3.05) is 25.0 Å². The molecule has 102 valence electrons. The Morgan fingerprint density at radius 2 is 2.21 bits per heavy atom. The first-order chi connectivity index (χ1) is 9.12. The summed E-state index contributed by atoms with van der Waals surface area (Å²) >= 11 is 0. The normalized spacial score (nSPS) is 17.4. The van der Waals surface area contributed by atoms with Crippen LogP contribution in [0, 0.1) is 12.3 Å². The van der Waals surface area contributed by atoms with Gasteiger partial charge in [0.25, 0.3) is 0 Å². The smallest absolute Gasteiger partial charge is 0.104 e. The van der Waals surface area contributed by atoms with Crippen molar-refractivity contribution in [1.82, 2.24) is 9.97 Å². The molecule has 0 atom stereocenters. The molecular weight excluding hydrogens is 236 g/mol. The topological polar surface area (TPSA) is 57.9 Å². The molecule has 4 heteroatoms. The zero-order valence-electron chi connectivity index (χ0n) is 11.7. The van der Waals surface area contributed by atoms with Gasteiger partial charge in [0.2, 0.25) is 0 Å². The Labute approximate surface area is 114 Å². The fraction of sp³-hybridized carbons (Fsp3) is 0.533. The van der Waals surface area contributed by atoms with Crippen LogP contribution < -0.4 is 10.6 Å². The van der Waals surface area contributed by atoms with Gasteiger partial charge in [0.05, 0.1) is 11.0 Å². The molecule has 0 saturated heterocycles. The number of aryl methyl sites for hydroxylation is 1. The van der Waals surface area contributed by atoms with Crippen molar-refractivity contribution in [2.45, 2.75) is 26.2 Å². The number of nitrogens with zero attached hydrogens (tertiary/aromatic N) is 2. The Balaban J connectivity index is 1.82. The molecule has 2 aromatic rings. The zero-order valence-corrected chi connectivity index (χ0v) is 11.7.